The molecule has 1 heterocycles. The van der Waals surface area contributed by atoms with Crippen LogP contribution in [0.1, 0.15) is 18.3 Å². The summed E-state index contributed by atoms with van der Waals surface area (Å²) in [7, 11) is 0. The van der Waals surface area contributed by atoms with Crippen LogP contribution in [0.3, 0.4) is 0 Å². The maximum Gasteiger partial charge on any atom is 0.260 e. The summed E-state index contributed by atoms with van der Waals surface area (Å²) in [6.07, 6.45) is 0. The van der Waals surface area contributed by atoms with Crippen molar-refractivity contribution in [2.24, 2.45) is 0 Å². The summed E-state index contributed by atoms with van der Waals surface area (Å²) >= 11 is 0. The highest BCUT2D eigenvalue weighted by atomic mass is 19.1. The molecule has 0 saturated heterocycles. The first kappa shape index (κ1) is 11.7. The Labute approximate surface area is 98.8 Å². The van der Waals surface area contributed by atoms with Crippen LogP contribution in [-0.2, 0) is 6.54 Å². The van der Waals surface area contributed by atoms with Crippen molar-refractivity contribution in [3.63, 3.8) is 0 Å². The third-order valence-corrected chi connectivity index (χ3v) is 2.42. The molecule has 0 bridgehead atoms. The maximum absolute atomic E-state index is 13.8. The lowest BCUT2D eigenvalue weighted by atomic mass is 10.1. The number of rotatable bonds is 4. The molecule has 0 aliphatic carbocycles. The Morgan fingerprint density at radius 3 is 3.00 bits per heavy atom. The van der Waals surface area contributed by atoms with Crippen LogP contribution in [0.2, 0.25) is 0 Å². The highest BCUT2D eigenvalue weighted by Gasteiger charge is 2.13. The summed E-state index contributed by atoms with van der Waals surface area (Å²) in [4.78, 5) is 4.14. The first-order valence-electron chi connectivity index (χ1n) is 5.51. The van der Waals surface area contributed by atoms with Gasteiger partial charge in [-0.25, -0.2) is 4.39 Å². The normalized spacial score (nSPS) is 10.8. The summed E-state index contributed by atoms with van der Waals surface area (Å²) in [6, 6.07) is 5.10. The Hall–Kier alpha value is -1.75. The van der Waals surface area contributed by atoms with Crippen LogP contribution in [0.5, 0.6) is 0 Å². The van der Waals surface area contributed by atoms with Gasteiger partial charge < -0.3 is 9.84 Å². The van der Waals surface area contributed by atoms with E-state index in [1.54, 1.807) is 25.1 Å². The quantitative estimate of drug-likeness (QED) is 0.883. The topological polar surface area (TPSA) is 51.0 Å². The fourth-order valence-electron chi connectivity index (χ4n) is 1.48. The minimum absolute atomic E-state index is 0.221. The Morgan fingerprint density at radius 2 is 2.24 bits per heavy atom. The lowest BCUT2D eigenvalue weighted by Gasteiger charge is -1.99. The number of hydrogen-bond acceptors (Lipinski definition) is 4. The third-order valence-electron chi connectivity index (χ3n) is 2.42. The molecule has 90 valence electrons. The molecule has 2 rings (SSSR count). The van der Waals surface area contributed by atoms with Gasteiger partial charge in [0.15, 0.2) is 5.82 Å². The Kier molecular flexibility index (Phi) is 3.49. The van der Waals surface area contributed by atoms with Gasteiger partial charge in [0, 0.05) is 0 Å². The van der Waals surface area contributed by atoms with E-state index >= 15 is 0 Å². The summed E-state index contributed by atoms with van der Waals surface area (Å²) in [6.45, 7) is 5.03. The summed E-state index contributed by atoms with van der Waals surface area (Å²) in [5.41, 5.74) is 0.911. The monoisotopic (exact) mass is 235 g/mol. The zero-order chi connectivity index (χ0) is 12.3. The SMILES string of the molecule is CCNCc1noc(-c2cccc(C)c2F)n1. The molecule has 0 aliphatic rings. The molecule has 0 aliphatic heterocycles. The standard InChI is InChI=1S/C12H14FN3O/c1-3-14-7-10-15-12(17-16-10)9-6-4-5-8(2)11(9)13/h4-6,14H,3,7H2,1-2H3. The van der Waals surface area contributed by atoms with E-state index in [1.807, 2.05) is 6.92 Å². The fraction of sp³-hybridized carbons (Fsp3) is 0.333. The molecule has 0 saturated carbocycles. The second-order valence-electron chi connectivity index (χ2n) is 3.73. The van der Waals surface area contributed by atoms with Gasteiger partial charge in [0.05, 0.1) is 12.1 Å². The Balaban J connectivity index is 2.27. The molecule has 0 radical (unpaired) electrons. The van der Waals surface area contributed by atoms with E-state index in [9.17, 15) is 4.39 Å². The summed E-state index contributed by atoms with van der Waals surface area (Å²) in [5.74, 6) is 0.438. The van der Waals surface area contributed by atoms with Crippen molar-refractivity contribution in [1.29, 1.82) is 0 Å². The Bertz CT molecular complexity index is 510. The zero-order valence-electron chi connectivity index (χ0n) is 9.83. The molecule has 1 aromatic carbocycles. The predicted molar refractivity (Wildman–Crippen MR) is 61.8 cm³/mol. The van der Waals surface area contributed by atoms with Gasteiger partial charge in [-0.3, -0.25) is 0 Å². The number of halogens is 1. The molecule has 0 fully saturated rings. The van der Waals surface area contributed by atoms with Crippen LogP contribution < -0.4 is 5.32 Å². The first-order valence-corrected chi connectivity index (χ1v) is 5.51. The van der Waals surface area contributed by atoms with E-state index in [2.05, 4.69) is 15.5 Å². The van der Waals surface area contributed by atoms with Gasteiger partial charge >= 0.3 is 0 Å². The largest absolute Gasteiger partial charge is 0.334 e. The van der Waals surface area contributed by atoms with E-state index < -0.39 is 0 Å². The average molecular weight is 235 g/mol. The number of nitrogens with one attached hydrogen (secondary N) is 1. The predicted octanol–water partition coefficient (Wildman–Crippen LogP) is 2.29. The molecule has 1 aromatic heterocycles. The first-order chi connectivity index (χ1) is 8.22. The zero-order valence-corrected chi connectivity index (χ0v) is 9.83. The number of hydrogen-bond donors (Lipinski definition) is 1. The highest BCUT2D eigenvalue weighted by molar-refractivity contribution is 5.55. The van der Waals surface area contributed by atoms with Gasteiger partial charge in [-0.15, -0.1) is 0 Å². The van der Waals surface area contributed by atoms with E-state index in [1.165, 1.54) is 0 Å². The maximum atomic E-state index is 13.8. The second-order valence-corrected chi connectivity index (χ2v) is 3.73. The lowest BCUT2D eigenvalue weighted by Crippen LogP contribution is -2.12. The Morgan fingerprint density at radius 1 is 1.41 bits per heavy atom. The number of benzene rings is 1. The molecular weight excluding hydrogens is 221 g/mol. The van der Waals surface area contributed by atoms with Crippen molar-refractivity contribution in [2.75, 3.05) is 6.54 Å². The minimum Gasteiger partial charge on any atom is -0.334 e. The van der Waals surface area contributed by atoms with Gasteiger partial charge in [0.1, 0.15) is 5.82 Å². The molecule has 5 heteroatoms. The van der Waals surface area contributed by atoms with Crippen LogP contribution in [0.25, 0.3) is 11.5 Å². The van der Waals surface area contributed by atoms with Crippen LogP contribution in [0.15, 0.2) is 22.7 Å². The van der Waals surface area contributed by atoms with Gasteiger partial charge in [0.25, 0.3) is 5.89 Å². The van der Waals surface area contributed by atoms with E-state index in [4.69, 9.17) is 4.52 Å². The number of nitrogens with zero attached hydrogens (tertiary/aromatic N) is 2. The smallest absolute Gasteiger partial charge is 0.260 e. The summed E-state index contributed by atoms with van der Waals surface area (Å²) in [5, 5.41) is 6.86. The van der Waals surface area contributed by atoms with Crippen molar-refractivity contribution < 1.29 is 8.91 Å². The van der Waals surface area contributed by atoms with Gasteiger partial charge in [-0.1, -0.05) is 24.2 Å². The van der Waals surface area contributed by atoms with Crippen LogP contribution in [-0.4, -0.2) is 16.7 Å². The molecule has 0 unspecified atom stereocenters. The average Bonchev–Trinajstić information content (AvgIpc) is 2.78. The third kappa shape index (κ3) is 2.50. The fourth-order valence-corrected chi connectivity index (χ4v) is 1.48. The van der Waals surface area contributed by atoms with E-state index in [-0.39, 0.29) is 11.7 Å². The summed E-state index contributed by atoms with van der Waals surface area (Å²) < 4.78 is 18.8. The van der Waals surface area contributed by atoms with E-state index in [0.717, 1.165) is 6.54 Å². The van der Waals surface area contributed by atoms with Gasteiger partial charge in [-0.2, -0.15) is 4.98 Å². The van der Waals surface area contributed by atoms with Crippen molar-refractivity contribution >= 4 is 0 Å². The van der Waals surface area contributed by atoms with Crippen LogP contribution >= 0.6 is 0 Å². The lowest BCUT2D eigenvalue weighted by molar-refractivity contribution is 0.417. The second kappa shape index (κ2) is 5.05. The molecule has 0 amide bonds. The highest BCUT2D eigenvalue weighted by Crippen LogP contribution is 2.22. The van der Waals surface area contributed by atoms with Gasteiger partial charge in [-0.05, 0) is 25.1 Å². The van der Waals surface area contributed by atoms with Crippen molar-refractivity contribution in [2.45, 2.75) is 20.4 Å². The van der Waals surface area contributed by atoms with Crippen molar-refractivity contribution in [1.82, 2.24) is 15.5 Å². The van der Waals surface area contributed by atoms with E-state index in [0.29, 0.717) is 23.5 Å². The van der Waals surface area contributed by atoms with Gasteiger partial charge in [0.2, 0.25) is 0 Å². The molecule has 4 nitrogen and oxygen atoms in total. The molecule has 2 aromatic rings. The molecule has 0 spiro atoms. The molecular formula is C12H14FN3O. The van der Waals surface area contributed by atoms with Crippen LogP contribution in [0.4, 0.5) is 4.39 Å². The molecule has 0 atom stereocenters. The number of aromatic nitrogens is 2. The minimum atomic E-state index is -0.314. The van der Waals surface area contributed by atoms with Crippen molar-refractivity contribution in [3.8, 4) is 11.5 Å². The van der Waals surface area contributed by atoms with Crippen molar-refractivity contribution in [3.05, 3.63) is 35.4 Å². The molecule has 17 heavy (non-hydrogen) atoms. The van der Waals surface area contributed by atoms with Crippen LogP contribution in [0, 0.1) is 12.7 Å². The number of aryl methyl sites for hydroxylation is 1. The molecule has 1 N–H and O–H groups in total.